The van der Waals surface area contributed by atoms with Gasteiger partial charge in [0, 0.05) is 0 Å². The molecule has 3 heterocycles. The molecule has 0 bridgehead atoms. The molecule has 36 heavy (non-hydrogen) atoms. The summed E-state index contributed by atoms with van der Waals surface area (Å²) in [6, 6.07) is 31.0. The Morgan fingerprint density at radius 1 is 0.833 bits per heavy atom. The van der Waals surface area contributed by atoms with Crippen molar-refractivity contribution in [1.82, 2.24) is 19.5 Å². The zero-order valence-corrected chi connectivity index (χ0v) is 21.5. The summed E-state index contributed by atoms with van der Waals surface area (Å²) >= 11 is 0.202. The summed E-state index contributed by atoms with van der Waals surface area (Å²) in [6.07, 6.45) is 3.61. The first-order valence-electron chi connectivity index (χ1n) is 12.0. The van der Waals surface area contributed by atoms with Crippen LogP contribution in [0.5, 0.6) is 0 Å². The minimum atomic E-state index is -0.119. The summed E-state index contributed by atoms with van der Waals surface area (Å²) in [5.41, 5.74) is 8.17. The number of benzene rings is 3. The Hall–Kier alpha value is -3.95. The first kappa shape index (κ1) is 22.5. The van der Waals surface area contributed by atoms with E-state index in [0.29, 0.717) is 10.9 Å². The fraction of sp³-hybridized carbons (Fsp3) is 0.100. The van der Waals surface area contributed by atoms with Crippen molar-refractivity contribution in [2.24, 2.45) is 0 Å². The Bertz CT molecular complexity index is 1710. The zero-order valence-electron chi connectivity index (χ0n) is 19.6. The normalized spacial score (nSPS) is 11.7. The molecule has 0 saturated heterocycles. The van der Waals surface area contributed by atoms with Crippen LogP contribution in [0.1, 0.15) is 5.56 Å². The van der Waals surface area contributed by atoms with Crippen LogP contribution in [0.25, 0.3) is 44.3 Å². The first-order chi connectivity index (χ1) is 17.8. The van der Waals surface area contributed by atoms with Crippen molar-refractivity contribution in [2.75, 3.05) is 0 Å². The Morgan fingerprint density at radius 2 is 1.64 bits per heavy atom. The van der Waals surface area contributed by atoms with Gasteiger partial charge in [0.15, 0.2) is 0 Å². The van der Waals surface area contributed by atoms with E-state index in [1.807, 2.05) is 42.7 Å². The molecule has 0 fully saturated rings. The molecule has 0 aliphatic carbocycles. The van der Waals surface area contributed by atoms with Gasteiger partial charge in [-0.15, -0.1) is 0 Å². The molecule has 1 radical (unpaired) electrons. The Kier molecular flexibility index (Phi) is 6.23. The summed E-state index contributed by atoms with van der Waals surface area (Å²) < 4.78 is 2.26. The van der Waals surface area contributed by atoms with Crippen LogP contribution in [-0.2, 0) is 11.8 Å². The van der Waals surface area contributed by atoms with E-state index >= 15 is 0 Å². The standard InChI is InChI=1S/C30H24AsN4O/c36-30-25-18-24(22-6-2-1-3-7-22)29(34-26(25)14-16-32-30)23-12-10-21(11-13-23)19-31-15-17-35-20-33-27-8-4-5-9-28(27)35/h1-14,16,18,20H,15,17,19H2,(H,32,36). The number of aromatic nitrogens is 4. The van der Waals surface area contributed by atoms with Crippen molar-refractivity contribution in [3.63, 3.8) is 0 Å². The van der Waals surface area contributed by atoms with Gasteiger partial charge in [-0.1, -0.05) is 0 Å². The molecule has 6 aromatic rings. The fourth-order valence-electron chi connectivity index (χ4n) is 4.51. The number of nitrogens with zero attached hydrogens (tertiary/aromatic N) is 3. The topological polar surface area (TPSA) is 63.6 Å². The number of nitrogens with one attached hydrogen (secondary N) is 1. The summed E-state index contributed by atoms with van der Waals surface area (Å²) in [7, 11) is 0. The van der Waals surface area contributed by atoms with Crippen LogP contribution in [-0.4, -0.2) is 35.3 Å². The third-order valence-corrected chi connectivity index (χ3v) is 8.70. The van der Waals surface area contributed by atoms with Gasteiger partial charge in [0.25, 0.3) is 0 Å². The Balaban J connectivity index is 1.21. The molecule has 0 unspecified atom stereocenters. The predicted octanol–water partition coefficient (Wildman–Crippen LogP) is 5.93. The molecule has 175 valence electrons. The number of hydrogen-bond donors (Lipinski definition) is 1. The molecule has 5 nitrogen and oxygen atoms in total. The van der Waals surface area contributed by atoms with Gasteiger partial charge in [-0.05, 0) is 0 Å². The average molecular weight is 531 g/mol. The van der Waals surface area contributed by atoms with Crippen molar-refractivity contribution in [3.05, 3.63) is 119 Å². The van der Waals surface area contributed by atoms with E-state index < -0.39 is 0 Å². The van der Waals surface area contributed by atoms with E-state index in [1.165, 1.54) is 16.3 Å². The molecule has 1 N–H and O–H groups in total. The molecular weight excluding hydrogens is 507 g/mol. The van der Waals surface area contributed by atoms with Crippen LogP contribution in [0.4, 0.5) is 0 Å². The van der Waals surface area contributed by atoms with Crippen LogP contribution in [0.15, 0.2) is 108 Å². The van der Waals surface area contributed by atoms with Crippen LogP contribution in [0.2, 0.25) is 5.21 Å². The van der Waals surface area contributed by atoms with Gasteiger partial charge in [0.2, 0.25) is 0 Å². The summed E-state index contributed by atoms with van der Waals surface area (Å²) in [5.74, 6) is 0. The number of imidazole rings is 1. The molecule has 6 heteroatoms. The molecule has 0 aliphatic rings. The minimum absolute atomic E-state index is 0.119. The van der Waals surface area contributed by atoms with Gasteiger partial charge in [-0.2, -0.15) is 0 Å². The molecule has 0 atom stereocenters. The number of rotatable bonds is 7. The zero-order chi connectivity index (χ0) is 24.3. The first-order valence-corrected chi connectivity index (χ1v) is 14.6. The van der Waals surface area contributed by atoms with Crippen molar-refractivity contribution in [1.29, 1.82) is 0 Å². The third-order valence-electron chi connectivity index (χ3n) is 6.39. The van der Waals surface area contributed by atoms with E-state index in [0.717, 1.165) is 39.7 Å². The molecule has 0 saturated carbocycles. The molecule has 3 aromatic carbocycles. The number of hydrogen-bond acceptors (Lipinski definition) is 3. The van der Waals surface area contributed by atoms with Crippen molar-refractivity contribution in [2.45, 2.75) is 17.0 Å². The van der Waals surface area contributed by atoms with E-state index in [4.69, 9.17) is 4.98 Å². The van der Waals surface area contributed by atoms with Gasteiger partial charge < -0.3 is 0 Å². The van der Waals surface area contributed by atoms with Crippen molar-refractivity contribution in [3.8, 4) is 22.4 Å². The summed E-state index contributed by atoms with van der Waals surface area (Å²) in [4.78, 5) is 24.6. The van der Waals surface area contributed by atoms with Crippen molar-refractivity contribution >= 4 is 37.7 Å². The summed E-state index contributed by atoms with van der Waals surface area (Å²) in [5, 5.41) is 2.92. The van der Waals surface area contributed by atoms with Crippen LogP contribution < -0.4 is 5.56 Å². The van der Waals surface area contributed by atoms with Gasteiger partial charge >= 0.3 is 216 Å². The van der Waals surface area contributed by atoms with Crippen LogP contribution >= 0.6 is 0 Å². The number of para-hydroxylation sites is 2. The summed E-state index contributed by atoms with van der Waals surface area (Å²) in [6.45, 7) is 1.01. The van der Waals surface area contributed by atoms with Gasteiger partial charge in [-0.25, -0.2) is 0 Å². The molecule has 3 aromatic heterocycles. The maximum absolute atomic E-state index is 12.4. The SMILES string of the molecule is O=c1[nH]ccc2nc(-c3ccc(C[As]CCn4cnc5ccccc54)cc3)c(-c3ccccc3)cc12. The molecular formula is C30H24AsN4O. The van der Waals surface area contributed by atoms with Crippen LogP contribution in [0, 0.1) is 0 Å². The van der Waals surface area contributed by atoms with Gasteiger partial charge in [-0.3, -0.25) is 0 Å². The molecule has 6 rings (SSSR count). The third kappa shape index (κ3) is 4.50. The number of H-pyrrole nitrogens is 1. The monoisotopic (exact) mass is 531 g/mol. The predicted molar refractivity (Wildman–Crippen MR) is 147 cm³/mol. The van der Waals surface area contributed by atoms with E-state index in [9.17, 15) is 4.79 Å². The van der Waals surface area contributed by atoms with Gasteiger partial charge in [0.05, 0.1) is 0 Å². The second-order valence-corrected chi connectivity index (χ2v) is 11.3. The molecule has 0 aliphatic heterocycles. The Morgan fingerprint density at radius 3 is 2.50 bits per heavy atom. The number of fused-ring (bicyclic) bond motifs is 2. The quantitative estimate of drug-likeness (QED) is 0.205. The Labute approximate surface area is 215 Å². The van der Waals surface area contributed by atoms with Gasteiger partial charge in [0.1, 0.15) is 0 Å². The number of aromatic amines is 1. The second kappa shape index (κ2) is 9.96. The van der Waals surface area contributed by atoms with Crippen LogP contribution in [0.3, 0.4) is 0 Å². The fourth-order valence-corrected chi connectivity index (χ4v) is 6.58. The van der Waals surface area contributed by atoms with E-state index in [-0.39, 0.29) is 21.3 Å². The molecule has 0 spiro atoms. The maximum atomic E-state index is 12.4. The number of pyridine rings is 2. The molecule has 0 amide bonds. The van der Waals surface area contributed by atoms with Crippen molar-refractivity contribution < 1.29 is 0 Å². The van der Waals surface area contributed by atoms with E-state index in [2.05, 4.69) is 69.1 Å². The van der Waals surface area contributed by atoms with E-state index in [1.54, 1.807) is 6.20 Å². The average Bonchev–Trinajstić information content (AvgIpc) is 3.35. The number of aryl methyl sites for hydroxylation is 1. The second-order valence-electron chi connectivity index (χ2n) is 8.72.